The number of hydrogen-bond acceptors (Lipinski definition) is 5. The van der Waals surface area contributed by atoms with E-state index in [9.17, 15) is 4.79 Å². The summed E-state index contributed by atoms with van der Waals surface area (Å²) < 4.78 is 10.0. The Morgan fingerprint density at radius 2 is 2.26 bits per heavy atom. The highest BCUT2D eigenvalue weighted by Crippen LogP contribution is 2.24. The summed E-state index contributed by atoms with van der Waals surface area (Å²) in [6.07, 6.45) is -0.935. The summed E-state index contributed by atoms with van der Waals surface area (Å²) in [7, 11) is 0. The Labute approximate surface area is 114 Å². The molecule has 0 fully saturated rings. The second kappa shape index (κ2) is 5.81. The molecule has 0 spiro atoms. The van der Waals surface area contributed by atoms with Gasteiger partial charge in [-0.3, -0.25) is 0 Å². The van der Waals surface area contributed by atoms with Crippen LogP contribution in [0.2, 0.25) is 5.02 Å². The summed E-state index contributed by atoms with van der Waals surface area (Å²) in [6.45, 7) is 1.36. The maximum absolute atomic E-state index is 10.6. The van der Waals surface area contributed by atoms with Crippen LogP contribution in [0.1, 0.15) is 12.8 Å². The van der Waals surface area contributed by atoms with Gasteiger partial charge in [0.05, 0.1) is 5.02 Å². The molecule has 19 heavy (non-hydrogen) atoms. The standard InChI is InChI=1S/C12H11ClN2O4/c1-7(12(16)17)18-6-10-14-11(15-19-10)8-4-2-3-5-9(8)13/h2-5,7H,6H2,1H3,(H,16,17)/t7-/m0/s1. The normalized spacial score (nSPS) is 12.3. The van der Waals surface area contributed by atoms with Crippen LogP contribution in [-0.4, -0.2) is 27.3 Å². The van der Waals surface area contributed by atoms with E-state index in [1.165, 1.54) is 6.92 Å². The Balaban J connectivity index is 2.08. The van der Waals surface area contributed by atoms with Crippen molar-refractivity contribution in [2.75, 3.05) is 0 Å². The van der Waals surface area contributed by atoms with E-state index in [0.717, 1.165) is 0 Å². The summed E-state index contributed by atoms with van der Waals surface area (Å²) in [5, 5.41) is 13.0. The van der Waals surface area contributed by atoms with E-state index in [0.29, 0.717) is 16.4 Å². The molecular weight excluding hydrogens is 272 g/mol. The van der Waals surface area contributed by atoms with E-state index in [-0.39, 0.29) is 12.5 Å². The molecule has 0 bridgehead atoms. The van der Waals surface area contributed by atoms with Gasteiger partial charge in [-0.05, 0) is 19.1 Å². The van der Waals surface area contributed by atoms with Crippen molar-refractivity contribution in [2.24, 2.45) is 0 Å². The molecule has 0 radical (unpaired) electrons. The van der Waals surface area contributed by atoms with Gasteiger partial charge >= 0.3 is 5.97 Å². The first-order valence-electron chi connectivity index (χ1n) is 5.50. The predicted molar refractivity (Wildman–Crippen MR) is 66.6 cm³/mol. The second-order valence-corrected chi connectivity index (χ2v) is 4.19. The van der Waals surface area contributed by atoms with Gasteiger partial charge in [0.1, 0.15) is 6.61 Å². The molecule has 0 unspecified atom stereocenters. The number of benzene rings is 1. The van der Waals surface area contributed by atoms with Crippen LogP contribution in [0, 0.1) is 0 Å². The van der Waals surface area contributed by atoms with E-state index in [4.69, 9.17) is 26.0 Å². The molecule has 2 aromatic rings. The lowest BCUT2D eigenvalue weighted by molar-refractivity contribution is -0.150. The fraction of sp³-hybridized carbons (Fsp3) is 0.250. The number of halogens is 1. The van der Waals surface area contributed by atoms with Crippen LogP contribution in [0.4, 0.5) is 0 Å². The van der Waals surface area contributed by atoms with Crippen LogP contribution in [0.25, 0.3) is 11.4 Å². The molecule has 0 aliphatic carbocycles. The minimum absolute atomic E-state index is 0.0646. The van der Waals surface area contributed by atoms with Crippen LogP contribution >= 0.6 is 11.6 Å². The first-order valence-corrected chi connectivity index (χ1v) is 5.87. The number of carboxylic acid groups (broad SMARTS) is 1. The molecule has 0 saturated carbocycles. The number of rotatable bonds is 5. The number of aromatic nitrogens is 2. The molecule has 0 saturated heterocycles. The average Bonchev–Trinajstić information content (AvgIpc) is 2.85. The predicted octanol–water partition coefficient (Wildman–Crippen LogP) is 2.38. The number of ether oxygens (including phenoxy) is 1. The molecule has 1 aromatic heterocycles. The number of nitrogens with zero attached hydrogens (tertiary/aromatic N) is 2. The van der Waals surface area contributed by atoms with E-state index >= 15 is 0 Å². The minimum Gasteiger partial charge on any atom is -0.479 e. The summed E-state index contributed by atoms with van der Waals surface area (Å²) in [5.74, 6) is -0.513. The maximum Gasteiger partial charge on any atom is 0.332 e. The van der Waals surface area contributed by atoms with Gasteiger partial charge in [-0.15, -0.1) is 0 Å². The van der Waals surface area contributed by atoms with Gasteiger partial charge in [0.2, 0.25) is 5.82 Å². The monoisotopic (exact) mass is 282 g/mol. The van der Waals surface area contributed by atoms with Crippen molar-refractivity contribution in [2.45, 2.75) is 19.6 Å². The zero-order chi connectivity index (χ0) is 13.8. The lowest BCUT2D eigenvalue weighted by atomic mass is 10.2. The molecule has 0 amide bonds. The Morgan fingerprint density at radius 3 is 2.95 bits per heavy atom. The molecule has 1 heterocycles. The fourth-order valence-electron chi connectivity index (χ4n) is 1.33. The van der Waals surface area contributed by atoms with Crippen molar-refractivity contribution in [3.05, 3.63) is 35.2 Å². The van der Waals surface area contributed by atoms with Crippen molar-refractivity contribution in [3.63, 3.8) is 0 Å². The number of aliphatic carboxylic acids is 1. The van der Waals surface area contributed by atoms with Crippen molar-refractivity contribution < 1.29 is 19.2 Å². The summed E-state index contributed by atoms with van der Waals surface area (Å²) in [5.41, 5.74) is 0.644. The Kier molecular flexibility index (Phi) is 4.13. The number of hydrogen-bond donors (Lipinski definition) is 1. The third-order valence-corrected chi connectivity index (χ3v) is 2.72. The lowest BCUT2D eigenvalue weighted by Gasteiger charge is -2.04. The van der Waals surface area contributed by atoms with Crippen molar-refractivity contribution >= 4 is 17.6 Å². The highest BCUT2D eigenvalue weighted by Gasteiger charge is 2.15. The third kappa shape index (κ3) is 3.30. The van der Waals surface area contributed by atoms with Crippen molar-refractivity contribution in [3.8, 4) is 11.4 Å². The first kappa shape index (κ1) is 13.5. The number of carbonyl (C=O) groups is 1. The van der Waals surface area contributed by atoms with Crippen LogP contribution in [0.15, 0.2) is 28.8 Å². The lowest BCUT2D eigenvalue weighted by Crippen LogP contribution is -2.19. The van der Waals surface area contributed by atoms with Crippen LogP contribution in [-0.2, 0) is 16.1 Å². The zero-order valence-corrected chi connectivity index (χ0v) is 10.8. The van der Waals surface area contributed by atoms with Gasteiger partial charge in [0.15, 0.2) is 6.10 Å². The highest BCUT2D eigenvalue weighted by atomic mass is 35.5. The van der Waals surface area contributed by atoms with E-state index in [2.05, 4.69) is 10.1 Å². The molecule has 6 nitrogen and oxygen atoms in total. The smallest absolute Gasteiger partial charge is 0.332 e. The highest BCUT2D eigenvalue weighted by molar-refractivity contribution is 6.33. The first-order chi connectivity index (χ1) is 9.08. The molecule has 0 aliphatic rings. The Morgan fingerprint density at radius 1 is 1.53 bits per heavy atom. The molecule has 1 aromatic carbocycles. The van der Waals surface area contributed by atoms with Gasteiger partial charge < -0.3 is 14.4 Å². The van der Waals surface area contributed by atoms with E-state index in [1.807, 2.05) is 0 Å². The maximum atomic E-state index is 10.6. The molecule has 0 aliphatic heterocycles. The number of carboxylic acids is 1. The SMILES string of the molecule is C[C@H](OCc1nc(-c2ccccc2Cl)no1)C(=O)O. The largest absolute Gasteiger partial charge is 0.479 e. The molecular formula is C12H11ClN2O4. The van der Waals surface area contributed by atoms with Gasteiger partial charge in [0.25, 0.3) is 5.89 Å². The second-order valence-electron chi connectivity index (χ2n) is 3.78. The van der Waals surface area contributed by atoms with Gasteiger partial charge in [0, 0.05) is 5.56 Å². The summed E-state index contributed by atoms with van der Waals surface area (Å²) in [6, 6.07) is 7.08. The van der Waals surface area contributed by atoms with Gasteiger partial charge in [-0.2, -0.15) is 4.98 Å². The molecule has 100 valence electrons. The molecule has 7 heteroatoms. The van der Waals surface area contributed by atoms with Crippen LogP contribution in [0.3, 0.4) is 0 Å². The molecule has 2 rings (SSSR count). The van der Waals surface area contributed by atoms with Gasteiger partial charge in [-0.1, -0.05) is 28.9 Å². The summed E-state index contributed by atoms with van der Waals surface area (Å²) >= 11 is 6.01. The molecule has 1 atom stereocenters. The van der Waals surface area contributed by atoms with Gasteiger partial charge in [-0.25, -0.2) is 4.79 Å². The van der Waals surface area contributed by atoms with Crippen molar-refractivity contribution in [1.29, 1.82) is 0 Å². The zero-order valence-electron chi connectivity index (χ0n) is 10.0. The summed E-state index contributed by atoms with van der Waals surface area (Å²) in [4.78, 5) is 14.7. The molecule has 1 N–H and O–H groups in total. The van der Waals surface area contributed by atoms with Crippen LogP contribution in [0.5, 0.6) is 0 Å². The fourth-order valence-corrected chi connectivity index (χ4v) is 1.55. The minimum atomic E-state index is -1.05. The Hall–Kier alpha value is -1.92. The van der Waals surface area contributed by atoms with Crippen molar-refractivity contribution in [1.82, 2.24) is 10.1 Å². The Bertz CT molecular complexity index is 585. The average molecular weight is 283 g/mol. The van der Waals surface area contributed by atoms with E-state index in [1.54, 1.807) is 24.3 Å². The quantitative estimate of drug-likeness (QED) is 0.906. The van der Waals surface area contributed by atoms with Crippen LogP contribution < -0.4 is 0 Å². The topological polar surface area (TPSA) is 85.5 Å². The third-order valence-electron chi connectivity index (χ3n) is 2.39. The van der Waals surface area contributed by atoms with E-state index < -0.39 is 12.1 Å².